The smallest absolute Gasteiger partial charge is 0.248 e. The number of halogens is 2. The van der Waals surface area contributed by atoms with Gasteiger partial charge in [-0.2, -0.15) is 0 Å². The first-order valence-electron chi connectivity index (χ1n) is 8.98. The van der Waals surface area contributed by atoms with Gasteiger partial charge in [-0.15, -0.1) is 11.8 Å². The van der Waals surface area contributed by atoms with Gasteiger partial charge in [0.1, 0.15) is 0 Å². The van der Waals surface area contributed by atoms with E-state index < -0.39 is 0 Å². The molecule has 0 aliphatic heterocycles. The van der Waals surface area contributed by atoms with Gasteiger partial charge in [-0.1, -0.05) is 35.3 Å². The quantitative estimate of drug-likeness (QED) is 0.364. The minimum absolute atomic E-state index is 0.177. The van der Waals surface area contributed by atoms with Crippen molar-refractivity contribution in [3.8, 4) is 11.5 Å². The van der Waals surface area contributed by atoms with E-state index >= 15 is 0 Å². The lowest BCUT2D eigenvalue weighted by Gasteiger charge is -2.12. The highest BCUT2D eigenvalue weighted by Gasteiger charge is 2.06. The van der Waals surface area contributed by atoms with Gasteiger partial charge < -0.3 is 14.8 Å². The third-order valence-corrected chi connectivity index (χ3v) is 5.94. The van der Waals surface area contributed by atoms with Crippen LogP contribution in [0.15, 0.2) is 36.4 Å². The molecule has 0 saturated heterocycles. The standard InChI is InChI=1S/C20H23Cl2N3O3S2/c1-27-17-6-4-13(10-18(17)28-2)7-8-23-20(29)25-24-19(26)12-30-11-14-3-5-15(21)16(22)9-14/h3-6,9-10H,7-8,11-12H2,1-2H3,(H,24,26)(H2,23,25,29). The van der Waals surface area contributed by atoms with Gasteiger partial charge in [0.2, 0.25) is 5.91 Å². The summed E-state index contributed by atoms with van der Waals surface area (Å²) >= 11 is 18.5. The van der Waals surface area contributed by atoms with Gasteiger partial charge in [0.05, 0.1) is 30.0 Å². The van der Waals surface area contributed by atoms with Crippen LogP contribution in [0.1, 0.15) is 11.1 Å². The summed E-state index contributed by atoms with van der Waals surface area (Å²) in [6.45, 7) is 0.600. The fourth-order valence-electron chi connectivity index (χ4n) is 2.45. The molecule has 0 fully saturated rings. The van der Waals surface area contributed by atoms with Gasteiger partial charge in [-0.25, -0.2) is 0 Å². The zero-order valence-corrected chi connectivity index (χ0v) is 19.7. The molecule has 3 N–H and O–H groups in total. The molecular weight excluding hydrogens is 465 g/mol. The Labute approximate surface area is 196 Å². The topological polar surface area (TPSA) is 71.6 Å². The monoisotopic (exact) mass is 487 g/mol. The summed E-state index contributed by atoms with van der Waals surface area (Å²) in [4.78, 5) is 11.9. The molecule has 2 aromatic rings. The summed E-state index contributed by atoms with van der Waals surface area (Å²) in [7, 11) is 3.20. The molecule has 2 rings (SSSR count). The number of hydrazine groups is 1. The third-order valence-electron chi connectivity index (χ3n) is 3.95. The normalized spacial score (nSPS) is 10.3. The molecule has 2 aromatic carbocycles. The Kier molecular flexibility index (Phi) is 10.4. The number of amides is 1. The Balaban J connectivity index is 1.63. The van der Waals surface area contributed by atoms with Gasteiger partial charge in [-0.05, 0) is 54.0 Å². The molecule has 0 aliphatic rings. The molecule has 0 bridgehead atoms. The van der Waals surface area contributed by atoms with Gasteiger partial charge in [-0.3, -0.25) is 15.6 Å². The van der Waals surface area contributed by atoms with Crippen molar-refractivity contribution < 1.29 is 14.3 Å². The molecule has 162 valence electrons. The minimum atomic E-state index is -0.177. The third kappa shape index (κ3) is 8.10. The van der Waals surface area contributed by atoms with Crippen LogP contribution >= 0.6 is 47.2 Å². The van der Waals surface area contributed by atoms with Crippen LogP contribution in [0, 0.1) is 0 Å². The van der Waals surface area contributed by atoms with Crippen molar-refractivity contribution in [2.75, 3.05) is 26.5 Å². The predicted molar refractivity (Wildman–Crippen MR) is 128 cm³/mol. The number of thioether (sulfide) groups is 1. The van der Waals surface area contributed by atoms with Crippen molar-refractivity contribution in [2.24, 2.45) is 0 Å². The highest BCUT2D eigenvalue weighted by atomic mass is 35.5. The summed E-state index contributed by atoms with van der Waals surface area (Å²) in [5.74, 6) is 2.12. The molecule has 0 atom stereocenters. The number of rotatable bonds is 9. The number of methoxy groups -OCH3 is 2. The summed E-state index contributed by atoms with van der Waals surface area (Å²) in [6.07, 6.45) is 0.732. The molecule has 10 heteroatoms. The molecule has 0 unspecified atom stereocenters. The SMILES string of the molecule is COc1ccc(CCNC(=S)NNC(=O)CSCc2ccc(Cl)c(Cl)c2)cc1OC. The number of carbonyl (C=O) groups excluding carboxylic acids is 1. The first-order chi connectivity index (χ1) is 14.4. The number of carbonyl (C=O) groups is 1. The first kappa shape index (κ1) is 24.4. The van der Waals surface area contributed by atoms with Gasteiger partial charge in [0.15, 0.2) is 16.6 Å². The Morgan fingerprint density at radius 3 is 2.43 bits per heavy atom. The van der Waals surface area contributed by atoms with Crippen molar-refractivity contribution in [1.82, 2.24) is 16.2 Å². The Hall–Kier alpha value is -1.87. The number of benzene rings is 2. The van der Waals surface area contributed by atoms with Crippen LogP contribution in [-0.4, -0.2) is 37.5 Å². The maximum absolute atomic E-state index is 11.9. The fourth-order valence-corrected chi connectivity index (χ4v) is 3.70. The van der Waals surface area contributed by atoms with Crippen molar-refractivity contribution in [3.63, 3.8) is 0 Å². The molecule has 0 spiro atoms. The summed E-state index contributed by atoms with van der Waals surface area (Å²) in [5, 5.41) is 4.41. The highest BCUT2D eigenvalue weighted by Crippen LogP contribution is 2.27. The maximum atomic E-state index is 11.9. The molecule has 0 heterocycles. The number of hydrogen-bond donors (Lipinski definition) is 3. The zero-order chi connectivity index (χ0) is 21.9. The highest BCUT2D eigenvalue weighted by molar-refractivity contribution is 7.99. The molecule has 0 saturated carbocycles. The van der Waals surface area contributed by atoms with Crippen LogP contribution in [-0.2, 0) is 17.0 Å². The van der Waals surface area contributed by atoms with Gasteiger partial charge in [0.25, 0.3) is 0 Å². The molecule has 30 heavy (non-hydrogen) atoms. The molecule has 0 radical (unpaired) electrons. The predicted octanol–water partition coefficient (Wildman–Crippen LogP) is 3.98. The zero-order valence-electron chi connectivity index (χ0n) is 16.6. The minimum Gasteiger partial charge on any atom is -0.493 e. The van der Waals surface area contributed by atoms with E-state index in [0.717, 1.165) is 17.5 Å². The molecule has 0 aliphatic carbocycles. The van der Waals surface area contributed by atoms with E-state index in [0.29, 0.717) is 39.0 Å². The molecule has 6 nitrogen and oxygen atoms in total. The average molecular weight is 488 g/mol. The van der Waals surface area contributed by atoms with E-state index in [1.807, 2.05) is 24.3 Å². The number of hydrogen-bond acceptors (Lipinski definition) is 5. The van der Waals surface area contributed by atoms with Crippen LogP contribution in [0.2, 0.25) is 10.0 Å². The Morgan fingerprint density at radius 1 is 1.00 bits per heavy atom. The summed E-state index contributed by atoms with van der Waals surface area (Å²) in [5.41, 5.74) is 7.35. The largest absolute Gasteiger partial charge is 0.493 e. The second-order valence-electron chi connectivity index (χ2n) is 6.11. The molecular formula is C20H23Cl2N3O3S2. The fraction of sp³-hybridized carbons (Fsp3) is 0.300. The van der Waals surface area contributed by atoms with E-state index in [1.54, 1.807) is 26.4 Å². The van der Waals surface area contributed by atoms with Crippen molar-refractivity contribution in [2.45, 2.75) is 12.2 Å². The Morgan fingerprint density at radius 2 is 1.73 bits per heavy atom. The second kappa shape index (κ2) is 12.7. The number of ether oxygens (including phenoxy) is 2. The van der Waals surface area contributed by atoms with Crippen LogP contribution in [0.3, 0.4) is 0 Å². The first-order valence-corrected chi connectivity index (χ1v) is 11.3. The lowest BCUT2D eigenvalue weighted by atomic mass is 10.1. The lowest BCUT2D eigenvalue weighted by Crippen LogP contribution is -2.47. The second-order valence-corrected chi connectivity index (χ2v) is 8.32. The van der Waals surface area contributed by atoms with E-state index in [9.17, 15) is 4.79 Å². The van der Waals surface area contributed by atoms with E-state index in [2.05, 4.69) is 16.2 Å². The maximum Gasteiger partial charge on any atom is 0.248 e. The van der Waals surface area contributed by atoms with E-state index in [4.69, 9.17) is 44.9 Å². The summed E-state index contributed by atoms with van der Waals surface area (Å²) < 4.78 is 10.5. The van der Waals surface area contributed by atoms with Crippen LogP contribution in [0.4, 0.5) is 0 Å². The van der Waals surface area contributed by atoms with E-state index in [-0.39, 0.29) is 11.7 Å². The lowest BCUT2D eigenvalue weighted by molar-refractivity contribution is -0.119. The van der Waals surface area contributed by atoms with Crippen molar-refractivity contribution >= 4 is 58.2 Å². The van der Waals surface area contributed by atoms with Crippen LogP contribution < -0.4 is 25.6 Å². The Bertz CT molecular complexity index is 884. The van der Waals surface area contributed by atoms with E-state index in [1.165, 1.54) is 11.8 Å². The van der Waals surface area contributed by atoms with Crippen LogP contribution in [0.5, 0.6) is 11.5 Å². The average Bonchev–Trinajstić information content (AvgIpc) is 2.74. The molecule has 0 aromatic heterocycles. The van der Waals surface area contributed by atoms with Crippen molar-refractivity contribution in [1.29, 1.82) is 0 Å². The molecule has 1 amide bonds. The van der Waals surface area contributed by atoms with Crippen LogP contribution in [0.25, 0.3) is 0 Å². The van der Waals surface area contributed by atoms with Gasteiger partial charge >= 0.3 is 0 Å². The van der Waals surface area contributed by atoms with Crippen molar-refractivity contribution in [3.05, 3.63) is 57.6 Å². The number of thiocarbonyl (C=S) groups is 1. The number of nitrogens with one attached hydrogen (secondary N) is 3. The van der Waals surface area contributed by atoms with Gasteiger partial charge in [0, 0.05) is 12.3 Å². The summed E-state index contributed by atoms with van der Waals surface area (Å²) in [6, 6.07) is 11.2.